The monoisotopic (exact) mass is 279 g/mol. The summed E-state index contributed by atoms with van der Waals surface area (Å²) in [5.41, 5.74) is 4.08. The third-order valence-electron chi connectivity index (χ3n) is 4.66. The van der Waals surface area contributed by atoms with Crippen molar-refractivity contribution in [2.45, 2.75) is 32.1 Å². The Morgan fingerprint density at radius 3 is 2.14 bits per heavy atom. The van der Waals surface area contributed by atoms with Crippen molar-refractivity contribution < 1.29 is 0 Å². The van der Waals surface area contributed by atoms with Gasteiger partial charge in [-0.05, 0) is 61.5 Å². The number of hydrogen-bond acceptors (Lipinski definition) is 1. The van der Waals surface area contributed by atoms with Gasteiger partial charge in [-0.15, -0.1) is 0 Å². The quantitative estimate of drug-likeness (QED) is 0.749. The van der Waals surface area contributed by atoms with Crippen molar-refractivity contribution in [3.8, 4) is 11.1 Å². The van der Waals surface area contributed by atoms with Gasteiger partial charge in [0.15, 0.2) is 0 Å². The molecule has 1 aliphatic rings. The van der Waals surface area contributed by atoms with Crippen LogP contribution in [0.2, 0.25) is 0 Å². The molecular formula is C20H25N. The van der Waals surface area contributed by atoms with Gasteiger partial charge in [0.2, 0.25) is 0 Å². The maximum Gasteiger partial charge on any atom is -0.00130 e. The van der Waals surface area contributed by atoms with E-state index >= 15 is 0 Å². The van der Waals surface area contributed by atoms with E-state index in [1.165, 1.54) is 55.6 Å². The average Bonchev–Trinajstić information content (AvgIpc) is 3.07. The number of hydrogen-bond donors (Lipinski definition) is 0. The van der Waals surface area contributed by atoms with Crippen LogP contribution < -0.4 is 0 Å². The zero-order valence-electron chi connectivity index (χ0n) is 13.0. The van der Waals surface area contributed by atoms with Gasteiger partial charge >= 0.3 is 0 Å². The summed E-state index contributed by atoms with van der Waals surface area (Å²) in [5.74, 6) is 0.649. The molecule has 0 bridgehead atoms. The first-order valence-electron chi connectivity index (χ1n) is 8.21. The Balaban J connectivity index is 1.60. The smallest absolute Gasteiger partial charge is 0.00130 e. The van der Waals surface area contributed by atoms with Crippen LogP contribution >= 0.6 is 0 Å². The summed E-state index contributed by atoms with van der Waals surface area (Å²) < 4.78 is 0. The van der Waals surface area contributed by atoms with Crippen LogP contribution in [-0.4, -0.2) is 24.5 Å². The predicted molar refractivity (Wildman–Crippen MR) is 90.6 cm³/mol. The topological polar surface area (TPSA) is 3.24 Å². The highest BCUT2D eigenvalue weighted by Gasteiger charge is 2.13. The third kappa shape index (κ3) is 3.74. The van der Waals surface area contributed by atoms with Gasteiger partial charge in [0.1, 0.15) is 0 Å². The molecule has 0 aromatic heterocycles. The lowest BCUT2D eigenvalue weighted by atomic mass is 9.95. The van der Waals surface area contributed by atoms with Crippen LogP contribution in [-0.2, 0) is 0 Å². The van der Waals surface area contributed by atoms with Gasteiger partial charge in [-0.3, -0.25) is 0 Å². The van der Waals surface area contributed by atoms with Gasteiger partial charge in [-0.2, -0.15) is 0 Å². The lowest BCUT2D eigenvalue weighted by molar-refractivity contribution is 0.324. The first kappa shape index (κ1) is 14.3. The van der Waals surface area contributed by atoms with Crippen molar-refractivity contribution in [2.75, 3.05) is 19.6 Å². The van der Waals surface area contributed by atoms with Crippen molar-refractivity contribution >= 4 is 0 Å². The minimum atomic E-state index is 0.649. The Morgan fingerprint density at radius 1 is 0.857 bits per heavy atom. The first-order chi connectivity index (χ1) is 10.3. The molecule has 0 amide bonds. The van der Waals surface area contributed by atoms with Gasteiger partial charge < -0.3 is 4.90 Å². The molecule has 0 spiro atoms. The molecule has 0 aliphatic carbocycles. The number of rotatable bonds is 5. The second-order valence-electron chi connectivity index (χ2n) is 6.23. The summed E-state index contributed by atoms with van der Waals surface area (Å²) in [4.78, 5) is 2.61. The molecule has 110 valence electrons. The third-order valence-corrected chi connectivity index (χ3v) is 4.66. The molecule has 1 unspecified atom stereocenters. The molecule has 1 heteroatoms. The van der Waals surface area contributed by atoms with Crippen molar-refractivity contribution in [2.24, 2.45) is 0 Å². The van der Waals surface area contributed by atoms with Crippen molar-refractivity contribution in [1.82, 2.24) is 4.90 Å². The summed E-state index contributed by atoms with van der Waals surface area (Å²) in [7, 11) is 0. The largest absolute Gasteiger partial charge is 0.303 e. The van der Waals surface area contributed by atoms with E-state index in [0.29, 0.717) is 5.92 Å². The molecule has 21 heavy (non-hydrogen) atoms. The summed E-state index contributed by atoms with van der Waals surface area (Å²) >= 11 is 0. The van der Waals surface area contributed by atoms with E-state index in [2.05, 4.69) is 66.4 Å². The molecule has 0 radical (unpaired) electrons. The van der Waals surface area contributed by atoms with Crippen LogP contribution in [0.4, 0.5) is 0 Å². The van der Waals surface area contributed by atoms with Crippen molar-refractivity contribution in [3.63, 3.8) is 0 Å². The summed E-state index contributed by atoms with van der Waals surface area (Å²) in [6.45, 7) is 6.22. The Bertz CT molecular complexity index is 538. The molecule has 1 nitrogen and oxygen atoms in total. The molecule has 1 saturated heterocycles. The molecule has 1 heterocycles. The standard InChI is InChI=1S/C20H25N/c1-17(13-16-21-14-5-6-15-21)18-9-11-20(12-10-18)19-7-3-2-4-8-19/h2-4,7-12,17H,5-6,13-16H2,1H3. The summed E-state index contributed by atoms with van der Waals surface area (Å²) in [5, 5.41) is 0. The second-order valence-corrected chi connectivity index (χ2v) is 6.23. The molecule has 0 N–H and O–H groups in total. The zero-order valence-corrected chi connectivity index (χ0v) is 13.0. The predicted octanol–water partition coefficient (Wildman–Crippen LogP) is 4.94. The highest BCUT2D eigenvalue weighted by molar-refractivity contribution is 5.63. The number of benzene rings is 2. The van der Waals surface area contributed by atoms with Crippen LogP contribution in [0.5, 0.6) is 0 Å². The van der Waals surface area contributed by atoms with E-state index in [1.807, 2.05) is 0 Å². The Morgan fingerprint density at radius 2 is 1.48 bits per heavy atom. The summed E-state index contributed by atoms with van der Waals surface area (Å²) in [6, 6.07) is 19.7. The maximum absolute atomic E-state index is 2.61. The Kier molecular flexibility index (Phi) is 4.72. The molecular weight excluding hydrogens is 254 g/mol. The van der Waals surface area contributed by atoms with Crippen LogP contribution in [0.1, 0.15) is 37.7 Å². The van der Waals surface area contributed by atoms with Crippen LogP contribution in [0, 0.1) is 0 Å². The second kappa shape index (κ2) is 6.91. The van der Waals surface area contributed by atoms with Crippen molar-refractivity contribution in [3.05, 3.63) is 60.2 Å². The maximum atomic E-state index is 2.61. The van der Waals surface area contributed by atoms with Gasteiger partial charge in [-0.25, -0.2) is 0 Å². The van der Waals surface area contributed by atoms with Gasteiger partial charge in [-0.1, -0.05) is 61.5 Å². The van der Waals surface area contributed by atoms with E-state index in [-0.39, 0.29) is 0 Å². The van der Waals surface area contributed by atoms with Gasteiger partial charge in [0, 0.05) is 0 Å². The van der Waals surface area contributed by atoms with Crippen LogP contribution in [0.3, 0.4) is 0 Å². The molecule has 3 rings (SSSR count). The van der Waals surface area contributed by atoms with E-state index < -0.39 is 0 Å². The van der Waals surface area contributed by atoms with Gasteiger partial charge in [0.25, 0.3) is 0 Å². The van der Waals surface area contributed by atoms with E-state index in [9.17, 15) is 0 Å². The Hall–Kier alpha value is -1.60. The lowest BCUT2D eigenvalue weighted by Crippen LogP contribution is -2.21. The molecule has 2 aromatic carbocycles. The average molecular weight is 279 g/mol. The fourth-order valence-corrected chi connectivity index (χ4v) is 3.18. The summed E-state index contributed by atoms with van der Waals surface area (Å²) in [6.07, 6.45) is 4.05. The fourth-order valence-electron chi connectivity index (χ4n) is 3.18. The fraction of sp³-hybridized carbons (Fsp3) is 0.400. The normalized spacial score (nSPS) is 17.0. The minimum Gasteiger partial charge on any atom is -0.303 e. The number of nitrogens with zero attached hydrogens (tertiary/aromatic N) is 1. The SMILES string of the molecule is CC(CCN1CCCC1)c1ccc(-c2ccccc2)cc1. The zero-order chi connectivity index (χ0) is 14.5. The molecule has 1 aliphatic heterocycles. The lowest BCUT2D eigenvalue weighted by Gasteiger charge is -2.18. The van der Waals surface area contributed by atoms with E-state index in [0.717, 1.165) is 0 Å². The van der Waals surface area contributed by atoms with E-state index in [4.69, 9.17) is 0 Å². The molecule has 1 fully saturated rings. The minimum absolute atomic E-state index is 0.649. The molecule has 2 aromatic rings. The van der Waals surface area contributed by atoms with Crippen LogP contribution in [0.15, 0.2) is 54.6 Å². The van der Waals surface area contributed by atoms with Crippen molar-refractivity contribution in [1.29, 1.82) is 0 Å². The van der Waals surface area contributed by atoms with E-state index in [1.54, 1.807) is 0 Å². The Labute approximate surface area is 128 Å². The first-order valence-corrected chi connectivity index (χ1v) is 8.21. The highest BCUT2D eigenvalue weighted by Crippen LogP contribution is 2.24. The van der Waals surface area contributed by atoms with Gasteiger partial charge in [0.05, 0.1) is 0 Å². The number of likely N-dealkylation sites (tertiary alicyclic amines) is 1. The molecule has 0 saturated carbocycles. The van der Waals surface area contributed by atoms with Crippen LogP contribution in [0.25, 0.3) is 11.1 Å². The highest BCUT2D eigenvalue weighted by atomic mass is 15.1. The molecule has 1 atom stereocenters.